The van der Waals surface area contributed by atoms with E-state index >= 15 is 0 Å². The molecule has 3 rings (SSSR count). The topological polar surface area (TPSA) is 77.0 Å². The van der Waals surface area contributed by atoms with Crippen LogP contribution in [0.2, 0.25) is 0 Å². The van der Waals surface area contributed by atoms with Gasteiger partial charge in [0.2, 0.25) is 0 Å². The lowest BCUT2D eigenvalue weighted by Crippen LogP contribution is -2.42. The summed E-state index contributed by atoms with van der Waals surface area (Å²) in [5.41, 5.74) is 0.909. The van der Waals surface area contributed by atoms with Crippen LogP contribution in [0.3, 0.4) is 0 Å². The number of aromatic nitrogens is 2. The van der Waals surface area contributed by atoms with Gasteiger partial charge in [0, 0.05) is 12.2 Å². The standard InChI is InChI=1S/C17H17N3O3/c1-12-4-6-13(7-5-12)23-10-9-20-16(21)14(11-18)15-3-2-8-19(15)17(20)22/h4-7H,2-3,8-10H2,1H3. The van der Waals surface area contributed by atoms with Gasteiger partial charge in [0.25, 0.3) is 5.56 Å². The lowest BCUT2D eigenvalue weighted by Gasteiger charge is -2.11. The molecule has 0 radical (unpaired) electrons. The molecular formula is C17H17N3O3. The number of rotatable bonds is 4. The Kier molecular flexibility index (Phi) is 4.02. The lowest BCUT2D eigenvalue weighted by molar-refractivity contribution is 0.291. The van der Waals surface area contributed by atoms with Gasteiger partial charge in [0.1, 0.15) is 24.0 Å². The molecule has 0 saturated carbocycles. The van der Waals surface area contributed by atoms with E-state index in [0.29, 0.717) is 24.4 Å². The molecule has 0 amide bonds. The highest BCUT2D eigenvalue weighted by Gasteiger charge is 2.22. The van der Waals surface area contributed by atoms with Crippen LogP contribution < -0.4 is 16.0 Å². The molecule has 0 spiro atoms. The molecule has 0 aliphatic carbocycles. The summed E-state index contributed by atoms with van der Waals surface area (Å²) in [5.74, 6) is 0.686. The van der Waals surface area contributed by atoms with Gasteiger partial charge in [-0.3, -0.25) is 13.9 Å². The van der Waals surface area contributed by atoms with Gasteiger partial charge in [-0.15, -0.1) is 0 Å². The number of hydrogen-bond acceptors (Lipinski definition) is 4. The Hall–Kier alpha value is -2.81. The maximum Gasteiger partial charge on any atom is 0.331 e. The maximum atomic E-state index is 12.4. The molecule has 118 valence electrons. The molecule has 2 heterocycles. The van der Waals surface area contributed by atoms with E-state index in [1.807, 2.05) is 37.3 Å². The van der Waals surface area contributed by atoms with Crippen molar-refractivity contribution in [2.24, 2.45) is 0 Å². The number of nitrogens with zero attached hydrogens (tertiary/aromatic N) is 3. The van der Waals surface area contributed by atoms with Crippen LogP contribution in [-0.2, 0) is 19.5 Å². The Morgan fingerprint density at radius 1 is 1.26 bits per heavy atom. The Labute approximate surface area is 133 Å². The third-order valence-electron chi connectivity index (χ3n) is 4.05. The van der Waals surface area contributed by atoms with Crippen LogP contribution in [-0.4, -0.2) is 15.7 Å². The quantitative estimate of drug-likeness (QED) is 0.850. The fraction of sp³-hybridized carbons (Fsp3) is 0.353. The van der Waals surface area contributed by atoms with Gasteiger partial charge in [-0.1, -0.05) is 17.7 Å². The van der Waals surface area contributed by atoms with E-state index in [-0.39, 0.29) is 24.4 Å². The highest BCUT2D eigenvalue weighted by atomic mass is 16.5. The molecule has 6 nitrogen and oxygen atoms in total. The molecule has 0 unspecified atom stereocenters. The predicted molar refractivity (Wildman–Crippen MR) is 84.7 cm³/mol. The first kappa shape index (κ1) is 15.1. The molecular weight excluding hydrogens is 294 g/mol. The third-order valence-corrected chi connectivity index (χ3v) is 4.05. The zero-order valence-corrected chi connectivity index (χ0v) is 12.9. The molecule has 0 saturated heterocycles. The third kappa shape index (κ3) is 2.78. The van der Waals surface area contributed by atoms with Gasteiger partial charge in [0.05, 0.1) is 6.54 Å². The van der Waals surface area contributed by atoms with Crippen LogP contribution >= 0.6 is 0 Å². The minimum atomic E-state index is -0.516. The van der Waals surface area contributed by atoms with Gasteiger partial charge in [-0.2, -0.15) is 5.26 Å². The first-order valence-corrected chi connectivity index (χ1v) is 7.58. The van der Waals surface area contributed by atoms with Crippen molar-refractivity contribution in [3.63, 3.8) is 0 Å². The van der Waals surface area contributed by atoms with E-state index in [4.69, 9.17) is 4.74 Å². The van der Waals surface area contributed by atoms with Crippen LogP contribution in [0.5, 0.6) is 5.75 Å². The summed E-state index contributed by atoms with van der Waals surface area (Å²) in [6.07, 6.45) is 1.39. The Morgan fingerprint density at radius 3 is 2.70 bits per heavy atom. The van der Waals surface area contributed by atoms with E-state index in [1.54, 1.807) is 0 Å². The van der Waals surface area contributed by atoms with Gasteiger partial charge in [-0.25, -0.2) is 4.79 Å². The smallest absolute Gasteiger partial charge is 0.331 e. The Balaban J connectivity index is 1.84. The van der Waals surface area contributed by atoms with Crippen molar-refractivity contribution < 1.29 is 4.74 Å². The summed E-state index contributed by atoms with van der Waals surface area (Å²) in [6, 6.07) is 9.49. The van der Waals surface area contributed by atoms with Crippen molar-refractivity contribution in [3.8, 4) is 11.8 Å². The molecule has 1 aromatic heterocycles. The average Bonchev–Trinajstić information content (AvgIpc) is 3.02. The summed E-state index contributed by atoms with van der Waals surface area (Å²) in [4.78, 5) is 24.7. The minimum absolute atomic E-state index is 0.0810. The second kappa shape index (κ2) is 6.13. The number of fused-ring (bicyclic) bond motifs is 1. The fourth-order valence-corrected chi connectivity index (χ4v) is 2.84. The monoisotopic (exact) mass is 311 g/mol. The molecule has 1 aromatic carbocycles. The van der Waals surface area contributed by atoms with E-state index in [9.17, 15) is 14.9 Å². The number of aryl methyl sites for hydroxylation is 1. The summed E-state index contributed by atoms with van der Waals surface area (Å²) in [6.45, 7) is 2.86. The van der Waals surface area contributed by atoms with Crippen molar-refractivity contribution in [1.82, 2.24) is 9.13 Å². The van der Waals surface area contributed by atoms with Crippen LogP contribution in [0.25, 0.3) is 0 Å². The van der Waals surface area contributed by atoms with E-state index in [1.165, 1.54) is 4.57 Å². The highest BCUT2D eigenvalue weighted by Crippen LogP contribution is 2.13. The first-order valence-electron chi connectivity index (χ1n) is 7.58. The Bertz CT molecular complexity index is 886. The number of hydrogen-bond donors (Lipinski definition) is 0. The summed E-state index contributed by atoms with van der Waals surface area (Å²) >= 11 is 0. The molecule has 23 heavy (non-hydrogen) atoms. The second-order valence-electron chi connectivity index (χ2n) is 5.59. The van der Waals surface area contributed by atoms with Gasteiger partial charge < -0.3 is 4.74 Å². The van der Waals surface area contributed by atoms with Gasteiger partial charge in [0.15, 0.2) is 0 Å². The molecule has 6 heteroatoms. The maximum absolute atomic E-state index is 12.4. The van der Waals surface area contributed by atoms with Crippen LogP contribution in [0.4, 0.5) is 0 Å². The zero-order chi connectivity index (χ0) is 16.4. The lowest BCUT2D eigenvalue weighted by atomic mass is 10.2. The Morgan fingerprint density at radius 2 is 2.00 bits per heavy atom. The van der Waals surface area contributed by atoms with Crippen molar-refractivity contribution >= 4 is 0 Å². The van der Waals surface area contributed by atoms with Crippen molar-refractivity contribution in [2.45, 2.75) is 32.9 Å². The van der Waals surface area contributed by atoms with Gasteiger partial charge >= 0.3 is 5.69 Å². The van der Waals surface area contributed by atoms with Crippen molar-refractivity contribution in [1.29, 1.82) is 5.26 Å². The number of benzene rings is 1. The normalized spacial score (nSPS) is 12.7. The molecule has 0 bridgehead atoms. The predicted octanol–water partition coefficient (Wildman–Crippen LogP) is 1.22. The van der Waals surface area contributed by atoms with E-state index in [0.717, 1.165) is 16.6 Å². The number of nitriles is 1. The molecule has 2 aromatic rings. The van der Waals surface area contributed by atoms with Gasteiger partial charge in [-0.05, 0) is 31.9 Å². The first-order chi connectivity index (χ1) is 11.1. The van der Waals surface area contributed by atoms with Crippen molar-refractivity contribution in [2.75, 3.05) is 6.61 Å². The van der Waals surface area contributed by atoms with E-state index < -0.39 is 5.56 Å². The second-order valence-corrected chi connectivity index (χ2v) is 5.59. The number of ether oxygens (including phenoxy) is 1. The minimum Gasteiger partial charge on any atom is -0.492 e. The summed E-state index contributed by atoms with van der Waals surface area (Å²) < 4.78 is 8.21. The van der Waals surface area contributed by atoms with E-state index in [2.05, 4.69) is 0 Å². The summed E-state index contributed by atoms with van der Waals surface area (Å²) in [7, 11) is 0. The van der Waals surface area contributed by atoms with Crippen LogP contribution in [0.1, 0.15) is 23.2 Å². The molecule has 1 aliphatic heterocycles. The SMILES string of the molecule is Cc1ccc(OCCn2c(=O)c(C#N)c3n(c2=O)CCC3)cc1. The molecule has 1 aliphatic rings. The zero-order valence-electron chi connectivity index (χ0n) is 12.9. The van der Waals surface area contributed by atoms with Crippen LogP contribution in [0, 0.1) is 18.3 Å². The molecule has 0 N–H and O–H groups in total. The van der Waals surface area contributed by atoms with Crippen molar-refractivity contribution in [3.05, 3.63) is 61.9 Å². The fourth-order valence-electron chi connectivity index (χ4n) is 2.84. The largest absolute Gasteiger partial charge is 0.492 e. The molecule has 0 fully saturated rings. The highest BCUT2D eigenvalue weighted by molar-refractivity contribution is 5.33. The van der Waals surface area contributed by atoms with Crippen LogP contribution in [0.15, 0.2) is 33.9 Å². The molecule has 0 atom stereocenters. The summed E-state index contributed by atoms with van der Waals surface area (Å²) in [5, 5.41) is 9.22. The average molecular weight is 311 g/mol.